The molecule has 5 rings (SSSR count). The van der Waals surface area contributed by atoms with Gasteiger partial charge in [0, 0.05) is 17.8 Å². The van der Waals surface area contributed by atoms with Gasteiger partial charge in [0.25, 0.3) is 17.2 Å². The molecule has 0 saturated heterocycles. The number of hydrogen-bond acceptors (Lipinski definition) is 3. The fourth-order valence-electron chi connectivity index (χ4n) is 4.21. The highest BCUT2D eigenvalue weighted by atomic mass is 19.1. The van der Waals surface area contributed by atoms with Crippen molar-refractivity contribution in [3.8, 4) is 5.69 Å². The highest BCUT2D eigenvalue weighted by Crippen LogP contribution is 2.31. The highest BCUT2D eigenvalue weighted by Gasteiger charge is 2.47. The molecule has 3 heterocycles. The number of aromatic amines is 1. The molecule has 180 valence electrons. The topological polar surface area (TPSA) is 79.1 Å². The van der Waals surface area contributed by atoms with Crippen LogP contribution in [0, 0.1) is 25.5 Å². The highest BCUT2D eigenvalue weighted by molar-refractivity contribution is 6.44. The Balaban J connectivity index is 1.67. The van der Waals surface area contributed by atoms with Crippen LogP contribution in [0.1, 0.15) is 22.4 Å². The molecule has 7 nitrogen and oxygen atoms in total. The number of nitrogens with one attached hydrogen (secondary N) is 1. The number of carbonyl (C=O) groups excluding carboxylic acids is 2. The van der Waals surface area contributed by atoms with E-state index in [1.165, 1.54) is 57.8 Å². The summed E-state index contributed by atoms with van der Waals surface area (Å²) >= 11 is 0. The molecular weight excluding hydrogens is 466 g/mol. The first-order valence-electron chi connectivity index (χ1n) is 11.2. The van der Waals surface area contributed by atoms with Gasteiger partial charge >= 0.3 is 5.91 Å². The summed E-state index contributed by atoms with van der Waals surface area (Å²) in [5.41, 5.74) is 1.73. The fraction of sp³-hybridized carbons (Fsp3) is 0.111. The van der Waals surface area contributed by atoms with Gasteiger partial charge in [0.15, 0.2) is 12.4 Å². The molecule has 0 atom stereocenters. The summed E-state index contributed by atoms with van der Waals surface area (Å²) in [6.07, 6.45) is 3.30. The van der Waals surface area contributed by atoms with E-state index in [-0.39, 0.29) is 23.4 Å². The molecule has 0 saturated carbocycles. The standard InChI is InChI=1S/C27H20F2N4O3/c1-16-11-13-31(14-12-16)24-23(25(34)32(27(24)36)15-18-3-5-19(28)6-4-18)22-17(2)30-33(26(22)35)21-9-7-20(29)8-10-21/h3-14H,15H2,1-2H3/p+1. The minimum absolute atomic E-state index is 0.0348. The lowest BCUT2D eigenvalue weighted by atomic mass is 10.1. The van der Waals surface area contributed by atoms with Gasteiger partial charge in [0.2, 0.25) is 0 Å². The molecule has 2 aromatic carbocycles. The van der Waals surface area contributed by atoms with Crippen molar-refractivity contribution < 1.29 is 22.9 Å². The van der Waals surface area contributed by atoms with Crippen LogP contribution in [0.4, 0.5) is 8.78 Å². The number of amides is 2. The van der Waals surface area contributed by atoms with E-state index in [4.69, 9.17) is 0 Å². The van der Waals surface area contributed by atoms with Gasteiger partial charge in [-0.05, 0) is 61.4 Å². The van der Waals surface area contributed by atoms with Gasteiger partial charge in [-0.3, -0.25) is 24.4 Å². The summed E-state index contributed by atoms with van der Waals surface area (Å²) in [4.78, 5) is 41.8. The second kappa shape index (κ2) is 8.84. The smallest absolute Gasteiger partial charge is 0.295 e. The third-order valence-corrected chi connectivity index (χ3v) is 6.06. The molecule has 1 N–H and O–H groups in total. The van der Waals surface area contributed by atoms with E-state index in [1.807, 2.05) is 6.92 Å². The summed E-state index contributed by atoms with van der Waals surface area (Å²) < 4.78 is 29.5. The Labute approximate surface area is 204 Å². The number of benzene rings is 2. The Morgan fingerprint density at radius 3 is 2.00 bits per heavy atom. The number of halogens is 2. The number of nitrogens with zero attached hydrogens (tertiary/aromatic N) is 3. The minimum Gasteiger partial charge on any atom is -0.295 e. The van der Waals surface area contributed by atoms with Crippen molar-refractivity contribution in [1.82, 2.24) is 14.7 Å². The van der Waals surface area contributed by atoms with Crippen LogP contribution in [0.25, 0.3) is 17.0 Å². The summed E-state index contributed by atoms with van der Waals surface area (Å²) in [5, 5.41) is 2.93. The zero-order valence-electron chi connectivity index (χ0n) is 19.5. The van der Waals surface area contributed by atoms with Crippen molar-refractivity contribution in [3.63, 3.8) is 0 Å². The van der Waals surface area contributed by atoms with Gasteiger partial charge in [-0.2, -0.15) is 4.57 Å². The number of hydrogen-bond donors (Lipinski definition) is 1. The average molecular weight is 487 g/mol. The molecule has 0 bridgehead atoms. The second-order valence-electron chi connectivity index (χ2n) is 8.56. The summed E-state index contributed by atoms with van der Waals surface area (Å²) in [5.74, 6) is -2.11. The third kappa shape index (κ3) is 3.94. The predicted molar refractivity (Wildman–Crippen MR) is 128 cm³/mol. The summed E-state index contributed by atoms with van der Waals surface area (Å²) in [7, 11) is 0. The van der Waals surface area contributed by atoms with Crippen molar-refractivity contribution in [2.75, 3.05) is 0 Å². The number of carbonyl (C=O) groups is 2. The maximum Gasteiger partial charge on any atom is 0.327 e. The Bertz CT molecular complexity index is 1580. The molecule has 1 aliphatic rings. The van der Waals surface area contributed by atoms with Crippen molar-refractivity contribution in [2.45, 2.75) is 20.4 Å². The van der Waals surface area contributed by atoms with Gasteiger partial charge in [0.05, 0.1) is 17.8 Å². The lowest BCUT2D eigenvalue weighted by molar-refractivity contribution is -0.577. The first-order valence-corrected chi connectivity index (χ1v) is 11.2. The molecule has 9 heteroatoms. The van der Waals surface area contributed by atoms with E-state index in [0.29, 0.717) is 16.9 Å². The SMILES string of the molecule is Cc1cc[n+](C2=C(c3c(C)[nH]n(-c4ccc(F)cc4)c3=O)C(=O)N(Cc3ccc(F)cc3)C2=O)cc1. The number of H-pyrrole nitrogens is 1. The van der Waals surface area contributed by atoms with Crippen LogP contribution in [0.3, 0.4) is 0 Å². The fourth-order valence-corrected chi connectivity index (χ4v) is 4.21. The molecule has 2 aromatic heterocycles. The molecule has 4 aromatic rings. The Morgan fingerprint density at radius 2 is 1.39 bits per heavy atom. The first-order chi connectivity index (χ1) is 17.2. The van der Waals surface area contributed by atoms with Crippen LogP contribution in [-0.2, 0) is 16.1 Å². The molecule has 1 aliphatic heterocycles. The number of pyridine rings is 1. The largest absolute Gasteiger partial charge is 0.327 e. The normalized spacial score (nSPS) is 13.7. The molecule has 0 spiro atoms. The molecule has 0 unspecified atom stereocenters. The van der Waals surface area contributed by atoms with Crippen molar-refractivity contribution in [2.24, 2.45) is 0 Å². The second-order valence-corrected chi connectivity index (χ2v) is 8.56. The van der Waals surface area contributed by atoms with E-state index in [9.17, 15) is 23.2 Å². The van der Waals surface area contributed by atoms with Crippen molar-refractivity contribution >= 4 is 23.1 Å². The van der Waals surface area contributed by atoms with Gasteiger partial charge in [-0.1, -0.05) is 12.1 Å². The lowest BCUT2D eigenvalue weighted by Crippen LogP contribution is -2.39. The number of imide groups is 1. The van der Waals surface area contributed by atoms with Crippen LogP contribution >= 0.6 is 0 Å². The summed E-state index contributed by atoms with van der Waals surface area (Å²) in [6.45, 7) is 3.42. The van der Waals surface area contributed by atoms with E-state index in [1.54, 1.807) is 31.5 Å². The molecule has 0 aliphatic carbocycles. The van der Waals surface area contributed by atoms with Gasteiger partial charge in [-0.15, -0.1) is 0 Å². The van der Waals surface area contributed by atoms with Crippen LogP contribution in [-0.4, -0.2) is 26.5 Å². The van der Waals surface area contributed by atoms with Crippen molar-refractivity contribution in [1.29, 1.82) is 0 Å². The minimum atomic E-state index is -0.641. The van der Waals surface area contributed by atoms with Gasteiger partial charge < -0.3 is 0 Å². The zero-order valence-corrected chi connectivity index (χ0v) is 19.5. The summed E-state index contributed by atoms with van der Waals surface area (Å²) in [6, 6.07) is 14.4. The molecule has 36 heavy (non-hydrogen) atoms. The monoisotopic (exact) mass is 487 g/mol. The molecule has 0 radical (unpaired) electrons. The van der Waals surface area contributed by atoms with Gasteiger partial charge in [0.1, 0.15) is 17.2 Å². The van der Waals surface area contributed by atoms with Crippen molar-refractivity contribution in [3.05, 3.63) is 117 Å². The average Bonchev–Trinajstić information content (AvgIpc) is 3.28. The molecule has 2 amide bonds. The number of rotatable bonds is 5. The lowest BCUT2D eigenvalue weighted by Gasteiger charge is -2.13. The van der Waals surface area contributed by atoms with Crippen LogP contribution in [0.15, 0.2) is 77.9 Å². The number of aryl methyl sites for hydroxylation is 2. The maximum atomic E-state index is 13.7. The third-order valence-electron chi connectivity index (χ3n) is 6.06. The quantitative estimate of drug-likeness (QED) is 0.347. The number of aromatic nitrogens is 3. The predicted octanol–water partition coefficient (Wildman–Crippen LogP) is 3.29. The van der Waals surface area contributed by atoms with Crippen LogP contribution < -0.4 is 10.1 Å². The Morgan fingerprint density at radius 1 is 0.806 bits per heavy atom. The molecule has 0 fully saturated rings. The first kappa shape index (κ1) is 23.1. The van der Waals surface area contributed by atoms with E-state index in [2.05, 4.69) is 5.10 Å². The Hall–Kier alpha value is -4.66. The van der Waals surface area contributed by atoms with Crippen LogP contribution in [0.5, 0.6) is 0 Å². The van der Waals surface area contributed by atoms with E-state index in [0.717, 1.165) is 10.5 Å². The Kier molecular flexibility index (Phi) is 5.68. The zero-order chi connectivity index (χ0) is 25.6. The van der Waals surface area contributed by atoms with E-state index >= 15 is 0 Å². The van der Waals surface area contributed by atoms with E-state index < -0.39 is 29.0 Å². The molecular formula is C27H21F2N4O3+. The maximum absolute atomic E-state index is 13.7. The van der Waals surface area contributed by atoms with Gasteiger partial charge in [-0.25, -0.2) is 13.5 Å². The van der Waals surface area contributed by atoms with Crippen LogP contribution in [0.2, 0.25) is 0 Å².